The Balaban J connectivity index is 1.39. The van der Waals surface area contributed by atoms with Crippen molar-refractivity contribution in [2.75, 3.05) is 13.1 Å². The van der Waals surface area contributed by atoms with Crippen molar-refractivity contribution in [3.8, 4) is 11.5 Å². The first-order valence-corrected chi connectivity index (χ1v) is 10.1. The molecule has 3 aromatic heterocycles. The molecular formula is C21H22N6O3. The number of rotatable bonds is 4. The van der Waals surface area contributed by atoms with Gasteiger partial charge >= 0.3 is 0 Å². The van der Waals surface area contributed by atoms with Gasteiger partial charge < -0.3 is 14.0 Å². The predicted octanol–water partition coefficient (Wildman–Crippen LogP) is 1.58. The van der Waals surface area contributed by atoms with Gasteiger partial charge in [-0.15, -0.1) is 0 Å². The van der Waals surface area contributed by atoms with Crippen molar-refractivity contribution in [3.63, 3.8) is 0 Å². The fraction of sp³-hybridized carbons (Fsp3) is 0.429. The van der Waals surface area contributed by atoms with Crippen molar-refractivity contribution in [3.05, 3.63) is 58.7 Å². The zero-order chi connectivity index (χ0) is 20.7. The Morgan fingerprint density at radius 2 is 2.27 bits per heavy atom. The van der Waals surface area contributed by atoms with Crippen LogP contribution in [0.3, 0.4) is 0 Å². The Morgan fingerprint density at radius 3 is 3.10 bits per heavy atom. The molecule has 2 fully saturated rings. The van der Waals surface area contributed by atoms with Crippen LogP contribution in [0.4, 0.5) is 0 Å². The molecule has 0 N–H and O–H groups in total. The van der Waals surface area contributed by atoms with E-state index in [2.05, 4.69) is 20.1 Å². The van der Waals surface area contributed by atoms with E-state index in [0.29, 0.717) is 36.1 Å². The van der Waals surface area contributed by atoms with Crippen molar-refractivity contribution in [1.29, 1.82) is 0 Å². The highest BCUT2D eigenvalue weighted by Gasteiger charge is 2.55. The SMILES string of the molecule is Cc1cccn(CC(=O)N2C[C@H]3CCC[C@@]3(c3nc(-c4cnccn4)no3)C2)c1=O. The highest BCUT2D eigenvalue weighted by atomic mass is 16.5. The molecule has 3 aromatic rings. The third kappa shape index (κ3) is 3.01. The van der Waals surface area contributed by atoms with Crippen LogP contribution in [0.5, 0.6) is 0 Å². The molecule has 1 aliphatic carbocycles. The van der Waals surface area contributed by atoms with E-state index < -0.39 is 0 Å². The molecule has 2 atom stereocenters. The Hall–Kier alpha value is -3.36. The maximum Gasteiger partial charge on any atom is 0.253 e. The number of carbonyl (C=O) groups is 1. The molecule has 9 heteroatoms. The van der Waals surface area contributed by atoms with E-state index in [1.807, 2.05) is 4.90 Å². The molecule has 1 amide bonds. The number of pyridine rings is 1. The highest BCUT2D eigenvalue weighted by molar-refractivity contribution is 5.76. The van der Waals surface area contributed by atoms with Crippen molar-refractivity contribution in [2.24, 2.45) is 5.92 Å². The Kier molecular flexibility index (Phi) is 4.45. The average molecular weight is 406 g/mol. The van der Waals surface area contributed by atoms with Crippen molar-refractivity contribution in [1.82, 2.24) is 29.6 Å². The molecule has 0 bridgehead atoms. The standard InChI is InChI=1S/C21H22N6O3/c1-14-4-3-9-26(19(14)29)12-17(28)27-11-15-5-2-6-21(15,13-27)20-24-18(25-30-20)16-10-22-7-8-23-16/h3-4,7-10,15H,2,5-6,11-13H2,1H3/t15-,21-/m1/s1. The normalized spacial score (nSPS) is 23.0. The number of carbonyl (C=O) groups excluding carboxylic acids is 1. The van der Waals surface area contributed by atoms with E-state index in [1.54, 1.807) is 43.8 Å². The third-order valence-corrected chi connectivity index (χ3v) is 6.38. The first kappa shape index (κ1) is 18.7. The van der Waals surface area contributed by atoms with Crippen LogP contribution < -0.4 is 5.56 Å². The summed E-state index contributed by atoms with van der Waals surface area (Å²) in [6.45, 7) is 2.96. The molecule has 0 spiro atoms. The van der Waals surface area contributed by atoms with E-state index in [4.69, 9.17) is 4.52 Å². The molecule has 2 aliphatic rings. The molecule has 1 saturated carbocycles. The van der Waals surface area contributed by atoms with Crippen LogP contribution in [0.2, 0.25) is 0 Å². The minimum Gasteiger partial charge on any atom is -0.340 e. The van der Waals surface area contributed by atoms with Gasteiger partial charge in [0.25, 0.3) is 5.56 Å². The van der Waals surface area contributed by atoms with Gasteiger partial charge in [-0.3, -0.25) is 14.6 Å². The van der Waals surface area contributed by atoms with Crippen LogP contribution in [-0.2, 0) is 16.8 Å². The summed E-state index contributed by atoms with van der Waals surface area (Å²) in [7, 11) is 0. The molecule has 4 heterocycles. The van der Waals surface area contributed by atoms with Crippen molar-refractivity contribution < 1.29 is 9.32 Å². The summed E-state index contributed by atoms with van der Waals surface area (Å²) in [5, 5.41) is 4.11. The van der Waals surface area contributed by atoms with E-state index in [0.717, 1.165) is 19.3 Å². The van der Waals surface area contributed by atoms with E-state index in [1.165, 1.54) is 4.57 Å². The smallest absolute Gasteiger partial charge is 0.253 e. The summed E-state index contributed by atoms with van der Waals surface area (Å²) in [5.41, 5.74) is 0.719. The molecule has 154 valence electrons. The first-order chi connectivity index (χ1) is 14.6. The number of fused-ring (bicyclic) bond motifs is 1. The van der Waals surface area contributed by atoms with Gasteiger partial charge in [0.15, 0.2) is 0 Å². The lowest BCUT2D eigenvalue weighted by atomic mass is 9.80. The molecular weight excluding hydrogens is 384 g/mol. The van der Waals surface area contributed by atoms with Crippen LogP contribution in [0.25, 0.3) is 11.5 Å². The number of nitrogens with zero attached hydrogens (tertiary/aromatic N) is 6. The molecule has 0 unspecified atom stereocenters. The largest absolute Gasteiger partial charge is 0.340 e. The summed E-state index contributed by atoms with van der Waals surface area (Å²) in [5.74, 6) is 1.18. The fourth-order valence-electron chi connectivity index (χ4n) is 4.80. The van der Waals surface area contributed by atoms with Crippen molar-refractivity contribution in [2.45, 2.75) is 38.1 Å². The summed E-state index contributed by atoms with van der Waals surface area (Å²) in [4.78, 5) is 40.0. The average Bonchev–Trinajstić information content (AvgIpc) is 3.46. The number of aryl methyl sites for hydroxylation is 1. The van der Waals surface area contributed by atoms with Crippen LogP contribution >= 0.6 is 0 Å². The van der Waals surface area contributed by atoms with Gasteiger partial charge in [-0.05, 0) is 31.7 Å². The van der Waals surface area contributed by atoms with Crippen molar-refractivity contribution >= 4 is 5.91 Å². The van der Waals surface area contributed by atoms with E-state index in [9.17, 15) is 9.59 Å². The molecule has 0 aromatic carbocycles. The maximum atomic E-state index is 13.0. The van der Waals surface area contributed by atoms with Gasteiger partial charge in [0.05, 0.1) is 11.6 Å². The second-order valence-electron chi connectivity index (χ2n) is 8.16. The Bertz CT molecular complexity index is 1140. The molecule has 5 rings (SSSR count). The lowest BCUT2D eigenvalue weighted by molar-refractivity contribution is -0.131. The monoisotopic (exact) mass is 406 g/mol. The van der Waals surface area contributed by atoms with Crippen LogP contribution in [0.1, 0.15) is 30.7 Å². The van der Waals surface area contributed by atoms with Crippen LogP contribution in [0.15, 0.2) is 46.2 Å². The zero-order valence-electron chi connectivity index (χ0n) is 16.7. The lowest BCUT2D eigenvalue weighted by Gasteiger charge is -2.24. The van der Waals surface area contributed by atoms with Gasteiger partial charge in [0.1, 0.15) is 12.2 Å². The van der Waals surface area contributed by atoms with Gasteiger partial charge in [-0.25, -0.2) is 4.98 Å². The number of aromatic nitrogens is 5. The number of hydrogen-bond acceptors (Lipinski definition) is 7. The lowest BCUT2D eigenvalue weighted by Crippen LogP contribution is -2.38. The van der Waals surface area contributed by atoms with Gasteiger partial charge in [-0.2, -0.15) is 4.98 Å². The Morgan fingerprint density at radius 1 is 1.37 bits per heavy atom. The second-order valence-corrected chi connectivity index (χ2v) is 8.16. The van der Waals surface area contributed by atoms with Gasteiger partial charge in [0.2, 0.25) is 17.6 Å². The molecule has 1 aliphatic heterocycles. The molecule has 1 saturated heterocycles. The summed E-state index contributed by atoms with van der Waals surface area (Å²) < 4.78 is 7.14. The molecule has 9 nitrogen and oxygen atoms in total. The fourth-order valence-corrected chi connectivity index (χ4v) is 4.80. The number of amides is 1. The second kappa shape index (κ2) is 7.16. The zero-order valence-corrected chi connectivity index (χ0v) is 16.7. The van der Waals surface area contributed by atoms with E-state index >= 15 is 0 Å². The maximum absolute atomic E-state index is 13.0. The summed E-state index contributed by atoms with van der Waals surface area (Å²) >= 11 is 0. The predicted molar refractivity (Wildman–Crippen MR) is 106 cm³/mol. The van der Waals surface area contributed by atoms with Crippen LogP contribution in [-0.4, -0.2) is 48.6 Å². The number of hydrogen-bond donors (Lipinski definition) is 0. The van der Waals surface area contributed by atoms with Crippen LogP contribution in [0, 0.1) is 12.8 Å². The molecule has 0 radical (unpaired) electrons. The minimum atomic E-state index is -0.333. The summed E-state index contributed by atoms with van der Waals surface area (Å²) in [6, 6.07) is 3.54. The molecule has 30 heavy (non-hydrogen) atoms. The first-order valence-electron chi connectivity index (χ1n) is 10.1. The quantitative estimate of drug-likeness (QED) is 0.647. The van der Waals surface area contributed by atoms with Gasteiger partial charge in [-0.1, -0.05) is 17.6 Å². The number of likely N-dealkylation sites (tertiary alicyclic amines) is 1. The minimum absolute atomic E-state index is 0.0397. The summed E-state index contributed by atoms with van der Waals surface area (Å²) in [6.07, 6.45) is 9.41. The van der Waals surface area contributed by atoms with Gasteiger partial charge in [0, 0.05) is 37.2 Å². The Labute approximate surface area is 172 Å². The topological polar surface area (TPSA) is 107 Å². The van der Waals surface area contributed by atoms with E-state index in [-0.39, 0.29) is 29.3 Å². The third-order valence-electron chi connectivity index (χ3n) is 6.38. The highest BCUT2D eigenvalue weighted by Crippen LogP contribution is 2.50.